The van der Waals surface area contributed by atoms with E-state index in [2.05, 4.69) is 11.8 Å². The van der Waals surface area contributed by atoms with Crippen LogP contribution in [0.3, 0.4) is 0 Å². The lowest BCUT2D eigenvalue weighted by Crippen LogP contribution is -2.42. The first-order valence-electron chi connectivity index (χ1n) is 6.07. The number of halogens is 1. The molecule has 18 heavy (non-hydrogen) atoms. The zero-order valence-electron chi connectivity index (χ0n) is 10.4. The molecule has 0 saturated carbocycles. The largest absolute Gasteiger partial charge is 0.389 e. The number of hydrogen-bond donors (Lipinski definition) is 1. The molecule has 1 atom stereocenters. The Morgan fingerprint density at radius 1 is 1.61 bits per heavy atom. The van der Waals surface area contributed by atoms with Crippen molar-refractivity contribution in [1.82, 2.24) is 0 Å². The number of hydrogen-bond acceptors (Lipinski definition) is 3. The maximum Gasteiger partial charge on any atom is 0.105 e. The second kappa shape index (κ2) is 5.87. The van der Waals surface area contributed by atoms with E-state index in [1.54, 1.807) is 0 Å². The molecule has 1 aliphatic heterocycles. The van der Waals surface area contributed by atoms with Crippen molar-refractivity contribution in [3.05, 3.63) is 28.8 Å². The number of anilines is 1. The topological polar surface area (TPSA) is 38.5 Å². The minimum absolute atomic E-state index is 0.299. The first kappa shape index (κ1) is 13.6. The van der Waals surface area contributed by atoms with Crippen LogP contribution in [0.2, 0.25) is 5.02 Å². The summed E-state index contributed by atoms with van der Waals surface area (Å²) in [6, 6.07) is 5.82. The van der Waals surface area contributed by atoms with Crippen molar-refractivity contribution < 1.29 is 4.74 Å². The average Bonchev–Trinajstić information content (AvgIpc) is 2.38. The van der Waals surface area contributed by atoms with Crippen molar-refractivity contribution >= 4 is 34.5 Å². The van der Waals surface area contributed by atoms with Crippen molar-refractivity contribution in [2.24, 2.45) is 5.73 Å². The van der Waals surface area contributed by atoms with E-state index in [4.69, 9.17) is 34.3 Å². The number of morpholine rings is 1. The standard InChI is InChI=1S/C13H17ClN2OS/c1-2-10-8-16(5-6-17-10)9-3-4-11(13(15)18)12(14)7-9/h3-4,7,10H,2,5-6,8H2,1H3,(H2,15,18). The maximum absolute atomic E-state index is 6.19. The van der Waals surface area contributed by atoms with Crippen LogP contribution in [0.15, 0.2) is 18.2 Å². The Kier molecular flexibility index (Phi) is 4.43. The van der Waals surface area contributed by atoms with Crippen molar-refractivity contribution in [1.29, 1.82) is 0 Å². The summed E-state index contributed by atoms with van der Waals surface area (Å²) in [4.78, 5) is 2.62. The zero-order chi connectivity index (χ0) is 13.1. The Bertz CT molecular complexity index is 453. The average molecular weight is 285 g/mol. The third-order valence-corrected chi connectivity index (χ3v) is 3.71. The van der Waals surface area contributed by atoms with Crippen molar-refractivity contribution in [3.63, 3.8) is 0 Å². The van der Waals surface area contributed by atoms with Crippen LogP contribution in [-0.2, 0) is 4.74 Å². The highest BCUT2D eigenvalue weighted by Crippen LogP contribution is 2.25. The van der Waals surface area contributed by atoms with Gasteiger partial charge in [-0.1, -0.05) is 30.7 Å². The van der Waals surface area contributed by atoms with Gasteiger partial charge in [0, 0.05) is 24.3 Å². The molecule has 2 N–H and O–H groups in total. The maximum atomic E-state index is 6.19. The van der Waals surface area contributed by atoms with E-state index in [1.165, 1.54) is 0 Å². The first-order valence-corrected chi connectivity index (χ1v) is 6.86. The summed E-state index contributed by atoms with van der Waals surface area (Å²) in [6.07, 6.45) is 1.32. The Morgan fingerprint density at radius 2 is 2.39 bits per heavy atom. The van der Waals surface area contributed by atoms with Crippen molar-refractivity contribution in [2.75, 3.05) is 24.6 Å². The molecule has 1 saturated heterocycles. The summed E-state index contributed by atoms with van der Waals surface area (Å²) in [7, 11) is 0. The fourth-order valence-electron chi connectivity index (χ4n) is 2.10. The fraction of sp³-hybridized carbons (Fsp3) is 0.462. The minimum atomic E-state index is 0.299. The van der Waals surface area contributed by atoms with Gasteiger partial charge in [0.2, 0.25) is 0 Å². The molecular weight excluding hydrogens is 268 g/mol. The summed E-state index contributed by atoms with van der Waals surface area (Å²) in [5.41, 5.74) is 7.43. The van der Waals surface area contributed by atoms with Gasteiger partial charge < -0.3 is 15.4 Å². The Balaban J connectivity index is 2.18. The normalized spacial score (nSPS) is 19.9. The highest BCUT2D eigenvalue weighted by Gasteiger charge is 2.19. The summed E-state index contributed by atoms with van der Waals surface area (Å²) in [5.74, 6) is 0. The van der Waals surface area contributed by atoms with Gasteiger partial charge in [0.1, 0.15) is 4.99 Å². The molecule has 1 aromatic rings. The molecule has 0 aromatic heterocycles. The highest BCUT2D eigenvalue weighted by atomic mass is 35.5. The zero-order valence-corrected chi connectivity index (χ0v) is 11.9. The molecule has 2 rings (SSSR count). The van der Waals surface area contributed by atoms with E-state index in [9.17, 15) is 0 Å². The molecule has 98 valence electrons. The molecule has 0 radical (unpaired) electrons. The van der Waals surface area contributed by atoms with Crippen molar-refractivity contribution in [3.8, 4) is 0 Å². The van der Waals surface area contributed by atoms with Crippen molar-refractivity contribution in [2.45, 2.75) is 19.4 Å². The summed E-state index contributed by atoms with van der Waals surface area (Å²) < 4.78 is 5.66. The smallest absolute Gasteiger partial charge is 0.105 e. The van der Waals surface area contributed by atoms with Gasteiger partial charge in [-0.15, -0.1) is 0 Å². The van der Waals surface area contributed by atoms with Crippen LogP contribution < -0.4 is 10.6 Å². The molecule has 5 heteroatoms. The van der Waals surface area contributed by atoms with E-state index >= 15 is 0 Å². The van der Waals surface area contributed by atoms with Gasteiger partial charge in [0.15, 0.2) is 0 Å². The van der Waals surface area contributed by atoms with Crippen LogP contribution in [0, 0.1) is 0 Å². The molecule has 0 aliphatic carbocycles. The van der Waals surface area contributed by atoms with E-state index in [1.807, 2.05) is 18.2 Å². The fourth-order valence-corrected chi connectivity index (χ4v) is 2.61. The van der Waals surface area contributed by atoms with E-state index in [0.29, 0.717) is 16.1 Å². The third-order valence-electron chi connectivity index (χ3n) is 3.18. The van der Waals surface area contributed by atoms with E-state index in [-0.39, 0.29) is 0 Å². The Morgan fingerprint density at radius 3 is 3.00 bits per heavy atom. The second-order valence-corrected chi connectivity index (χ2v) is 5.22. The van der Waals surface area contributed by atoms with Gasteiger partial charge in [-0.2, -0.15) is 0 Å². The quantitative estimate of drug-likeness (QED) is 0.866. The number of rotatable bonds is 3. The van der Waals surface area contributed by atoms with Crippen LogP contribution in [-0.4, -0.2) is 30.8 Å². The Hall–Kier alpha value is -0.840. The third kappa shape index (κ3) is 2.94. The highest BCUT2D eigenvalue weighted by molar-refractivity contribution is 7.80. The lowest BCUT2D eigenvalue weighted by Gasteiger charge is -2.34. The van der Waals surface area contributed by atoms with E-state index < -0.39 is 0 Å². The summed E-state index contributed by atoms with van der Waals surface area (Å²) in [6.45, 7) is 4.68. The SMILES string of the molecule is CCC1CN(c2ccc(C(N)=S)c(Cl)c2)CCO1. The van der Waals surface area contributed by atoms with Gasteiger partial charge in [-0.05, 0) is 24.6 Å². The molecule has 1 aliphatic rings. The lowest BCUT2D eigenvalue weighted by molar-refractivity contribution is 0.0384. The van der Waals surface area contributed by atoms with Crippen LogP contribution >= 0.6 is 23.8 Å². The minimum Gasteiger partial charge on any atom is -0.389 e. The number of ether oxygens (including phenoxy) is 1. The molecule has 1 heterocycles. The predicted octanol–water partition coefficient (Wildman–Crippen LogP) is 2.59. The van der Waals surface area contributed by atoms with Gasteiger partial charge in [-0.25, -0.2) is 0 Å². The second-order valence-electron chi connectivity index (χ2n) is 4.38. The van der Waals surface area contributed by atoms with E-state index in [0.717, 1.165) is 37.4 Å². The molecule has 1 aromatic carbocycles. The van der Waals surface area contributed by atoms with Gasteiger partial charge >= 0.3 is 0 Å². The van der Waals surface area contributed by atoms with Crippen LogP contribution in [0.5, 0.6) is 0 Å². The van der Waals surface area contributed by atoms with Crippen LogP contribution in [0.4, 0.5) is 5.69 Å². The monoisotopic (exact) mass is 284 g/mol. The van der Waals surface area contributed by atoms with Gasteiger partial charge in [-0.3, -0.25) is 0 Å². The molecule has 0 spiro atoms. The molecule has 0 amide bonds. The number of nitrogens with zero attached hydrogens (tertiary/aromatic N) is 1. The number of benzene rings is 1. The number of nitrogens with two attached hydrogens (primary N) is 1. The summed E-state index contributed by atoms with van der Waals surface area (Å²) >= 11 is 11.1. The Labute approximate surface area is 118 Å². The van der Waals surface area contributed by atoms with Crippen LogP contribution in [0.1, 0.15) is 18.9 Å². The van der Waals surface area contributed by atoms with Gasteiger partial charge in [0.25, 0.3) is 0 Å². The predicted molar refractivity (Wildman–Crippen MR) is 79.6 cm³/mol. The molecule has 1 fully saturated rings. The number of thiocarbonyl (C=S) groups is 1. The van der Waals surface area contributed by atoms with Crippen LogP contribution in [0.25, 0.3) is 0 Å². The molecule has 0 bridgehead atoms. The molecular formula is C13H17ClN2OS. The summed E-state index contributed by atoms with van der Waals surface area (Å²) in [5, 5.41) is 0.611. The first-order chi connectivity index (χ1) is 8.61. The van der Waals surface area contributed by atoms with Gasteiger partial charge in [0.05, 0.1) is 17.7 Å². The molecule has 3 nitrogen and oxygen atoms in total. The lowest BCUT2D eigenvalue weighted by atomic mass is 10.1. The molecule has 1 unspecified atom stereocenters.